The Balaban J connectivity index is 1.93. The molecule has 0 aromatic heterocycles. The molecule has 2 N–H and O–H groups in total. The van der Waals surface area contributed by atoms with Crippen molar-refractivity contribution in [3.8, 4) is 0 Å². The van der Waals surface area contributed by atoms with Gasteiger partial charge in [0.05, 0.1) is 0 Å². The van der Waals surface area contributed by atoms with Crippen LogP contribution in [0.15, 0.2) is 24.3 Å². The molecule has 1 nitrogen and oxygen atoms in total. The summed E-state index contributed by atoms with van der Waals surface area (Å²) in [5.41, 5.74) is 10.2. The summed E-state index contributed by atoms with van der Waals surface area (Å²) in [7, 11) is 0. The molecule has 1 aromatic rings. The standard InChI is InChI=1S/C19H29N/c1-18(2)11-7-8-15(14-18)16-9-3-4-10-17(16)19(20)12-5-6-13-19/h3-4,9-10,15H,5-8,11-14,20H2,1-2H3. The lowest BCUT2D eigenvalue weighted by Gasteiger charge is -2.38. The smallest absolute Gasteiger partial charge is 0.0412 e. The van der Waals surface area contributed by atoms with Gasteiger partial charge in [-0.3, -0.25) is 0 Å². The minimum atomic E-state index is -0.0435. The van der Waals surface area contributed by atoms with Crippen molar-refractivity contribution < 1.29 is 0 Å². The van der Waals surface area contributed by atoms with Crippen LogP contribution in [-0.4, -0.2) is 0 Å². The summed E-state index contributed by atoms with van der Waals surface area (Å²) >= 11 is 0. The van der Waals surface area contributed by atoms with E-state index in [4.69, 9.17) is 5.73 Å². The molecule has 0 amide bonds. The highest BCUT2D eigenvalue weighted by Crippen LogP contribution is 2.47. The summed E-state index contributed by atoms with van der Waals surface area (Å²) in [6.45, 7) is 4.85. The lowest BCUT2D eigenvalue weighted by atomic mass is 9.68. The molecule has 3 rings (SSSR count). The molecule has 1 aromatic carbocycles. The summed E-state index contributed by atoms with van der Waals surface area (Å²) in [6.07, 6.45) is 10.3. The van der Waals surface area contributed by atoms with Crippen molar-refractivity contribution in [3.05, 3.63) is 35.4 Å². The fourth-order valence-electron chi connectivity index (χ4n) is 4.55. The first-order valence-corrected chi connectivity index (χ1v) is 8.39. The van der Waals surface area contributed by atoms with Crippen LogP contribution in [0.4, 0.5) is 0 Å². The van der Waals surface area contributed by atoms with Crippen LogP contribution in [0.3, 0.4) is 0 Å². The Morgan fingerprint density at radius 3 is 2.40 bits per heavy atom. The van der Waals surface area contributed by atoms with Crippen LogP contribution >= 0.6 is 0 Å². The number of benzene rings is 1. The molecular weight excluding hydrogens is 242 g/mol. The van der Waals surface area contributed by atoms with Gasteiger partial charge >= 0.3 is 0 Å². The van der Waals surface area contributed by atoms with Crippen LogP contribution < -0.4 is 5.73 Å². The van der Waals surface area contributed by atoms with Crippen LogP contribution in [0.1, 0.15) is 82.3 Å². The average Bonchev–Trinajstić information content (AvgIpc) is 2.86. The second-order valence-corrected chi connectivity index (χ2v) is 7.91. The third kappa shape index (κ3) is 2.65. The zero-order chi connectivity index (χ0) is 14.2. The lowest BCUT2D eigenvalue weighted by molar-refractivity contribution is 0.218. The third-order valence-corrected chi connectivity index (χ3v) is 5.64. The Labute approximate surface area is 124 Å². The molecule has 2 aliphatic carbocycles. The van der Waals surface area contributed by atoms with Gasteiger partial charge < -0.3 is 5.73 Å². The van der Waals surface area contributed by atoms with Crippen molar-refractivity contribution in [1.82, 2.24) is 0 Å². The van der Waals surface area contributed by atoms with Gasteiger partial charge in [0.2, 0.25) is 0 Å². The normalized spacial score (nSPS) is 28.4. The maximum absolute atomic E-state index is 6.76. The zero-order valence-corrected chi connectivity index (χ0v) is 13.1. The monoisotopic (exact) mass is 271 g/mol. The highest BCUT2D eigenvalue weighted by molar-refractivity contribution is 5.37. The minimum absolute atomic E-state index is 0.0435. The van der Waals surface area contributed by atoms with Gasteiger partial charge in [-0.2, -0.15) is 0 Å². The van der Waals surface area contributed by atoms with Crippen LogP contribution in [0.2, 0.25) is 0 Å². The van der Waals surface area contributed by atoms with Gasteiger partial charge in [-0.25, -0.2) is 0 Å². The van der Waals surface area contributed by atoms with E-state index < -0.39 is 0 Å². The van der Waals surface area contributed by atoms with E-state index in [9.17, 15) is 0 Å². The van der Waals surface area contributed by atoms with E-state index in [2.05, 4.69) is 38.1 Å². The SMILES string of the molecule is CC1(C)CCCC(c2ccccc2C2(N)CCCC2)C1. The molecule has 0 bridgehead atoms. The zero-order valence-electron chi connectivity index (χ0n) is 13.1. The second kappa shape index (κ2) is 5.18. The highest BCUT2D eigenvalue weighted by atomic mass is 14.8. The van der Waals surface area contributed by atoms with Crippen LogP contribution in [0, 0.1) is 5.41 Å². The molecule has 2 fully saturated rings. The molecular formula is C19H29N. The number of hydrogen-bond acceptors (Lipinski definition) is 1. The maximum atomic E-state index is 6.76. The molecule has 1 unspecified atom stereocenters. The Morgan fingerprint density at radius 1 is 1.00 bits per heavy atom. The average molecular weight is 271 g/mol. The molecule has 0 saturated heterocycles. The highest BCUT2D eigenvalue weighted by Gasteiger charge is 2.36. The topological polar surface area (TPSA) is 26.0 Å². The van der Waals surface area contributed by atoms with E-state index >= 15 is 0 Å². The fraction of sp³-hybridized carbons (Fsp3) is 0.684. The molecule has 2 aliphatic rings. The molecule has 1 atom stereocenters. The van der Waals surface area contributed by atoms with Crippen molar-refractivity contribution >= 4 is 0 Å². The van der Waals surface area contributed by atoms with Crippen molar-refractivity contribution in [2.24, 2.45) is 11.1 Å². The summed E-state index contributed by atoms with van der Waals surface area (Å²) in [5, 5.41) is 0. The van der Waals surface area contributed by atoms with E-state index in [0.717, 1.165) is 5.92 Å². The van der Waals surface area contributed by atoms with Gasteiger partial charge in [0.1, 0.15) is 0 Å². The summed E-state index contributed by atoms with van der Waals surface area (Å²) in [6, 6.07) is 9.05. The molecule has 0 aliphatic heterocycles. The molecule has 2 saturated carbocycles. The fourth-order valence-corrected chi connectivity index (χ4v) is 4.55. The first-order chi connectivity index (χ1) is 9.50. The second-order valence-electron chi connectivity index (χ2n) is 7.91. The number of rotatable bonds is 2. The van der Waals surface area contributed by atoms with Crippen molar-refractivity contribution in [2.75, 3.05) is 0 Å². The predicted molar refractivity (Wildman–Crippen MR) is 85.8 cm³/mol. The molecule has 1 heteroatoms. The van der Waals surface area contributed by atoms with Gasteiger partial charge in [-0.1, -0.05) is 57.4 Å². The van der Waals surface area contributed by atoms with Crippen molar-refractivity contribution in [2.45, 2.75) is 76.7 Å². The Morgan fingerprint density at radius 2 is 1.70 bits per heavy atom. The molecule has 20 heavy (non-hydrogen) atoms. The van der Waals surface area contributed by atoms with Crippen molar-refractivity contribution in [1.29, 1.82) is 0 Å². The molecule has 0 radical (unpaired) electrons. The van der Waals surface area contributed by atoms with Gasteiger partial charge in [0.25, 0.3) is 0 Å². The van der Waals surface area contributed by atoms with Gasteiger partial charge in [-0.15, -0.1) is 0 Å². The Kier molecular flexibility index (Phi) is 3.66. The molecule has 0 spiro atoms. The van der Waals surface area contributed by atoms with Gasteiger partial charge in [0.15, 0.2) is 0 Å². The number of hydrogen-bond donors (Lipinski definition) is 1. The van der Waals surface area contributed by atoms with Gasteiger partial charge in [0, 0.05) is 5.54 Å². The van der Waals surface area contributed by atoms with E-state index in [1.807, 2.05) is 0 Å². The van der Waals surface area contributed by atoms with Crippen LogP contribution in [0.5, 0.6) is 0 Å². The lowest BCUT2D eigenvalue weighted by Crippen LogP contribution is -2.35. The van der Waals surface area contributed by atoms with Crippen molar-refractivity contribution in [3.63, 3.8) is 0 Å². The number of nitrogens with two attached hydrogens (primary N) is 1. The Bertz CT molecular complexity index is 468. The molecule has 110 valence electrons. The third-order valence-electron chi connectivity index (χ3n) is 5.64. The van der Waals surface area contributed by atoms with Gasteiger partial charge in [-0.05, 0) is 54.6 Å². The van der Waals surface area contributed by atoms with Crippen LogP contribution in [0.25, 0.3) is 0 Å². The van der Waals surface area contributed by atoms with E-state index in [1.165, 1.54) is 56.9 Å². The van der Waals surface area contributed by atoms with Crippen LogP contribution in [-0.2, 0) is 5.54 Å². The predicted octanol–water partition coefficient (Wildman–Crippen LogP) is 5.10. The first kappa shape index (κ1) is 14.1. The first-order valence-electron chi connectivity index (χ1n) is 8.39. The summed E-state index contributed by atoms with van der Waals surface area (Å²) in [4.78, 5) is 0. The Hall–Kier alpha value is -0.820. The van der Waals surface area contributed by atoms with E-state index in [-0.39, 0.29) is 5.54 Å². The molecule has 0 heterocycles. The minimum Gasteiger partial charge on any atom is -0.321 e. The van der Waals surface area contributed by atoms with E-state index in [0.29, 0.717) is 5.41 Å². The van der Waals surface area contributed by atoms with E-state index in [1.54, 1.807) is 5.56 Å². The maximum Gasteiger partial charge on any atom is 0.0412 e. The quantitative estimate of drug-likeness (QED) is 0.795. The largest absolute Gasteiger partial charge is 0.321 e. The summed E-state index contributed by atoms with van der Waals surface area (Å²) < 4.78 is 0. The summed E-state index contributed by atoms with van der Waals surface area (Å²) in [5.74, 6) is 0.718.